The van der Waals surface area contributed by atoms with E-state index < -0.39 is 85.1 Å². The van der Waals surface area contributed by atoms with E-state index >= 15 is 0 Å². The smallest absolute Gasteiger partial charge is 0.412 e. The number of fused-ring (bicyclic) bond motifs is 5. The van der Waals surface area contributed by atoms with Crippen LogP contribution < -0.4 is 31.6 Å². The topological polar surface area (TPSA) is 304 Å². The highest BCUT2D eigenvalue weighted by Gasteiger charge is 2.45. The molecule has 2 aromatic heterocycles. The third-order valence-corrected chi connectivity index (χ3v) is 15.0. The van der Waals surface area contributed by atoms with Gasteiger partial charge in [0.15, 0.2) is 5.60 Å². The van der Waals surface area contributed by atoms with E-state index in [1.807, 2.05) is 45.8 Å². The lowest BCUT2D eigenvalue weighted by Gasteiger charge is -2.31. The van der Waals surface area contributed by atoms with Crippen molar-refractivity contribution in [2.45, 2.75) is 112 Å². The van der Waals surface area contributed by atoms with E-state index in [-0.39, 0.29) is 88.7 Å². The molecule has 0 aliphatic carbocycles. The number of cyclic esters (lactones) is 1. The quantitative estimate of drug-likeness (QED) is 0.0290. The molecule has 78 heavy (non-hydrogen) atoms. The van der Waals surface area contributed by atoms with Crippen molar-refractivity contribution >= 4 is 62.5 Å². The van der Waals surface area contributed by atoms with Gasteiger partial charge >= 0.3 is 12.1 Å². The Morgan fingerprint density at radius 2 is 1.62 bits per heavy atom. The van der Waals surface area contributed by atoms with E-state index in [1.54, 1.807) is 45.9 Å². The van der Waals surface area contributed by atoms with Gasteiger partial charge in [-0.1, -0.05) is 6.92 Å². The Balaban J connectivity index is 0.995. The van der Waals surface area contributed by atoms with E-state index in [0.717, 1.165) is 21.4 Å². The maximum atomic E-state index is 13.7. The normalized spacial score (nSPS) is 16.5. The number of imide groups is 1. The summed E-state index contributed by atoms with van der Waals surface area (Å²) < 4.78 is 51.6. The van der Waals surface area contributed by atoms with Crippen LogP contribution in [0.3, 0.4) is 0 Å². The van der Waals surface area contributed by atoms with E-state index in [2.05, 4.69) is 21.3 Å². The highest BCUT2D eigenvalue weighted by Crippen LogP contribution is 2.40. The highest BCUT2D eigenvalue weighted by atomic mass is 32.2. The number of allylic oxidation sites excluding steroid dienone is 1. The fourth-order valence-corrected chi connectivity index (χ4v) is 9.85. The number of hydrogen-bond acceptors (Lipinski definition) is 17. The SMILES string of the molecule is CC[C@@]1(O)C(=O)OCc2c1cc1n(c2=O)Cc2cc3c(CN(C)C)c(OC(=O)NCCNC(=O)C(C)(C)NC(=O)C(C)(C)CNC(=O)CCN(CCN4C(=O)C=CC4=O)S(=O)(=O)CCO/C(C)=C/OC(C)(C)C)ccc3nc2-1. The van der Waals surface area contributed by atoms with Crippen molar-refractivity contribution in [1.82, 2.24) is 44.9 Å². The van der Waals surface area contributed by atoms with Crippen LogP contribution in [0.2, 0.25) is 0 Å². The second-order valence-electron chi connectivity index (χ2n) is 21.7. The average Bonchev–Trinajstić information content (AvgIpc) is 4.07. The molecule has 0 saturated heterocycles. The number of carbonyl (C=O) groups excluding carboxylic acids is 7. The second kappa shape index (κ2) is 23.8. The average molecular weight is 1110 g/mol. The Kier molecular flexibility index (Phi) is 18.3. The molecule has 6 rings (SSSR count). The number of esters is 1. The van der Waals surface area contributed by atoms with E-state index in [4.69, 9.17) is 23.9 Å². The molecular formula is C53H71N9O15S. The van der Waals surface area contributed by atoms with Gasteiger partial charge in [0.25, 0.3) is 17.4 Å². The Labute approximate surface area is 452 Å². The molecule has 0 fully saturated rings. The summed E-state index contributed by atoms with van der Waals surface area (Å²) in [6, 6.07) is 6.82. The minimum absolute atomic E-state index is 0.0110. The summed E-state index contributed by atoms with van der Waals surface area (Å²) >= 11 is 0. The monoisotopic (exact) mass is 1110 g/mol. The lowest BCUT2D eigenvalue weighted by Crippen LogP contribution is -2.59. The van der Waals surface area contributed by atoms with Crippen LogP contribution in [0.5, 0.6) is 5.75 Å². The molecule has 3 aliphatic rings. The highest BCUT2D eigenvalue weighted by molar-refractivity contribution is 7.89. The minimum Gasteiger partial charge on any atom is -0.494 e. The molecule has 5 N–H and O–H groups in total. The van der Waals surface area contributed by atoms with Crippen LogP contribution in [0.25, 0.3) is 22.3 Å². The van der Waals surface area contributed by atoms with E-state index in [9.17, 15) is 51.9 Å². The summed E-state index contributed by atoms with van der Waals surface area (Å²) in [5.74, 6) is -3.65. The van der Waals surface area contributed by atoms with Crippen molar-refractivity contribution in [2.75, 3.05) is 65.7 Å². The fraction of sp³-hybridized carbons (Fsp3) is 0.528. The first-order valence-electron chi connectivity index (χ1n) is 25.5. The van der Waals surface area contributed by atoms with Crippen LogP contribution in [-0.2, 0) is 78.3 Å². The molecule has 0 unspecified atom stereocenters. The van der Waals surface area contributed by atoms with Gasteiger partial charge in [-0.15, -0.1) is 0 Å². The molecule has 0 spiro atoms. The zero-order valence-corrected chi connectivity index (χ0v) is 46.9. The number of nitrogens with one attached hydrogen (secondary N) is 4. The Morgan fingerprint density at radius 1 is 0.936 bits per heavy atom. The first-order chi connectivity index (χ1) is 36.4. The number of ether oxygens (including phenoxy) is 4. The molecule has 0 bridgehead atoms. The standard InChI is InChI=1S/C53H71N9O15S/c1-12-53(71)37-26-39-44-33(27-62(39)45(66)36(37)30-75-48(53)69)25-34-35(28-59(10)11)40(14-13-38(34)57-44)77-49(70)55-19-18-54-47(68)52(8,9)58-46(67)51(6,7)31-56-41(63)17-20-60(21-22-61-42(64)15-16-43(61)65)78(72,73)24-23-74-32(2)29-76-50(3,4)5/h13-16,25-26,29,71H,12,17-24,27-28,30-31H2,1-11H3,(H,54,68)(H,55,70)(H,56,63)(H,58,67)/b32-29+/t53-/m0/s1. The van der Waals surface area contributed by atoms with Gasteiger partial charge in [0, 0.05) is 86.5 Å². The second-order valence-corrected chi connectivity index (χ2v) is 23.8. The summed E-state index contributed by atoms with van der Waals surface area (Å²) in [6.07, 6.45) is 2.42. The van der Waals surface area contributed by atoms with Crippen LogP contribution in [0.1, 0.15) is 97.4 Å². The molecule has 3 aliphatic heterocycles. The lowest BCUT2D eigenvalue weighted by molar-refractivity contribution is -0.172. The van der Waals surface area contributed by atoms with Crippen molar-refractivity contribution in [2.24, 2.45) is 5.41 Å². The molecule has 24 nitrogen and oxygen atoms in total. The molecule has 25 heteroatoms. The molecule has 1 atom stereocenters. The summed E-state index contributed by atoms with van der Waals surface area (Å²) in [4.78, 5) is 112. The fourth-order valence-electron chi connectivity index (χ4n) is 8.57. The largest absolute Gasteiger partial charge is 0.494 e. The minimum atomic E-state index is -4.08. The van der Waals surface area contributed by atoms with E-state index in [1.165, 1.54) is 24.7 Å². The van der Waals surface area contributed by atoms with Crippen molar-refractivity contribution < 1.29 is 66.0 Å². The number of aromatic nitrogens is 2. The van der Waals surface area contributed by atoms with Gasteiger partial charge in [-0.05, 0) is 100 Å². The zero-order chi connectivity index (χ0) is 57.7. The predicted molar refractivity (Wildman–Crippen MR) is 284 cm³/mol. The number of hydrogen-bond donors (Lipinski definition) is 5. The third-order valence-electron chi connectivity index (χ3n) is 13.2. The number of benzene rings is 1. The molecule has 6 amide bonds. The molecule has 0 saturated carbocycles. The molecular weight excluding hydrogens is 1030 g/mol. The van der Waals surface area contributed by atoms with Gasteiger partial charge in [0.05, 0.1) is 45.8 Å². The van der Waals surface area contributed by atoms with Crippen molar-refractivity contribution in [3.05, 3.63) is 81.0 Å². The van der Waals surface area contributed by atoms with Gasteiger partial charge < -0.3 is 54.8 Å². The number of amides is 6. The molecule has 5 heterocycles. The number of nitrogens with zero attached hydrogens (tertiary/aromatic N) is 5. The lowest BCUT2D eigenvalue weighted by atomic mass is 9.86. The molecule has 0 radical (unpaired) electrons. The van der Waals surface area contributed by atoms with Crippen LogP contribution in [-0.4, -0.2) is 156 Å². The summed E-state index contributed by atoms with van der Waals surface area (Å²) in [7, 11) is -0.388. The Morgan fingerprint density at radius 3 is 2.27 bits per heavy atom. The Bertz CT molecular complexity index is 3100. The van der Waals surface area contributed by atoms with Gasteiger partial charge in [-0.2, -0.15) is 4.31 Å². The number of aliphatic hydroxyl groups is 1. The number of pyridine rings is 2. The van der Waals surface area contributed by atoms with Crippen molar-refractivity contribution in [1.29, 1.82) is 0 Å². The van der Waals surface area contributed by atoms with Gasteiger partial charge in [-0.25, -0.2) is 23.0 Å². The zero-order valence-electron chi connectivity index (χ0n) is 46.0. The first kappa shape index (κ1) is 60.0. The maximum absolute atomic E-state index is 13.7. The Hall–Kier alpha value is -7.22. The number of carbonyl (C=O) groups is 7. The summed E-state index contributed by atoms with van der Waals surface area (Å²) in [6.45, 7) is 13.7. The number of rotatable bonds is 24. The summed E-state index contributed by atoms with van der Waals surface area (Å²) in [5, 5.41) is 22.6. The van der Waals surface area contributed by atoms with Crippen molar-refractivity contribution in [3.8, 4) is 17.1 Å². The maximum Gasteiger partial charge on any atom is 0.412 e. The molecule has 424 valence electrons. The molecule has 1 aromatic carbocycles. The van der Waals surface area contributed by atoms with Crippen LogP contribution in [0.4, 0.5) is 4.79 Å². The van der Waals surface area contributed by atoms with Crippen LogP contribution in [0, 0.1) is 5.41 Å². The third kappa shape index (κ3) is 14.1. The predicted octanol–water partition coefficient (Wildman–Crippen LogP) is 2.02. The van der Waals surface area contributed by atoms with Gasteiger partial charge in [0.2, 0.25) is 27.7 Å². The van der Waals surface area contributed by atoms with Gasteiger partial charge in [-0.3, -0.25) is 33.7 Å². The van der Waals surface area contributed by atoms with Crippen LogP contribution >= 0.6 is 0 Å². The molecule has 3 aromatic rings. The first-order valence-corrected chi connectivity index (χ1v) is 27.1. The van der Waals surface area contributed by atoms with Crippen LogP contribution in [0.15, 0.2) is 53.2 Å². The van der Waals surface area contributed by atoms with Gasteiger partial charge in [0.1, 0.15) is 36.5 Å². The van der Waals surface area contributed by atoms with Crippen molar-refractivity contribution in [3.63, 3.8) is 0 Å². The summed E-state index contributed by atoms with van der Waals surface area (Å²) in [5.41, 5.74) is -2.28. The number of sulfonamides is 1. The van der Waals surface area contributed by atoms with E-state index in [0.29, 0.717) is 45.7 Å².